The van der Waals surface area contributed by atoms with E-state index in [4.69, 9.17) is 23.2 Å². The Morgan fingerprint density at radius 2 is 1.67 bits per heavy atom. The van der Waals surface area contributed by atoms with Crippen LogP contribution in [-0.2, 0) is 0 Å². The predicted octanol–water partition coefficient (Wildman–Crippen LogP) is 2.55. The van der Waals surface area contributed by atoms with Crippen molar-refractivity contribution in [2.24, 2.45) is 0 Å². The molecule has 15 heavy (non-hydrogen) atoms. The van der Waals surface area contributed by atoms with Crippen molar-refractivity contribution in [2.75, 3.05) is 0 Å². The Morgan fingerprint density at radius 1 is 1.13 bits per heavy atom. The molecule has 0 fully saturated rings. The van der Waals surface area contributed by atoms with Crippen molar-refractivity contribution >= 4 is 23.2 Å². The molecule has 6 nitrogen and oxygen atoms in total. The summed E-state index contributed by atoms with van der Waals surface area (Å²) in [7, 11) is 0. The fraction of sp³-hybridized carbons (Fsp3) is 0.143. The zero-order valence-corrected chi connectivity index (χ0v) is 8.60. The maximum atomic E-state index is 10.5. The second-order valence-electron chi connectivity index (χ2n) is 2.61. The minimum Gasteiger partial charge on any atom is -0.258 e. The van der Waals surface area contributed by atoms with Gasteiger partial charge in [0.05, 0.1) is 5.02 Å². The van der Waals surface area contributed by atoms with Gasteiger partial charge in [-0.15, -0.1) is 0 Å². The number of halogens is 2. The first-order valence-corrected chi connectivity index (χ1v) is 4.41. The van der Waals surface area contributed by atoms with Gasteiger partial charge in [0.25, 0.3) is 0 Å². The van der Waals surface area contributed by atoms with E-state index in [0.29, 0.717) is 0 Å². The van der Waals surface area contributed by atoms with Crippen LogP contribution in [0.2, 0.25) is 10.0 Å². The maximum absolute atomic E-state index is 10.5. The van der Waals surface area contributed by atoms with Gasteiger partial charge in [-0.25, -0.2) is 0 Å². The van der Waals surface area contributed by atoms with Crippen LogP contribution < -0.4 is 0 Å². The number of hydrogen-bond acceptors (Lipinski definition) is 4. The Balaban J connectivity index is 3.23. The molecule has 1 aromatic carbocycles. The van der Waals surface area contributed by atoms with E-state index in [2.05, 4.69) is 0 Å². The summed E-state index contributed by atoms with van der Waals surface area (Å²) < 4.78 is 0. The number of hydrogen-bond donors (Lipinski definition) is 0. The van der Waals surface area contributed by atoms with E-state index in [1.807, 2.05) is 0 Å². The van der Waals surface area contributed by atoms with E-state index in [1.165, 1.54) is 18.2 Å². The molecular weight excluding hydrogens is 247 g/mol. The lowest BCUT2D eigenvalue weighted by atomic mass is 10.2. The third kappa shape index (κ3) is 2.54. The molecule has 0 aliphatic heterocycles. The average molecular weight is 251 g/mol. The van der Waals surface area contributed by atoms with Crippen LogP contribution in [0, 0.1) is 20.2 Å². The second-order valence-corrected chi connectivity index (χ2v) is 3.45. The third-order valence-electron chi connectivity index (χ3n) is 1.64. The van der Waals surface area contributed by atoms with Gasteiger partial charge in [-0.1, -0.05) is 23.2 Å². The van der Waals surface area contributed by atoms with Crippen LogP contribution in [0.5, 0.6) is 0 Å². The van der Waals surface area contributed by atoms with Crippen LogP contribution in [0.4, 0.5) is 0 Å². The van der Waals surface area contributed by atoms with E-state index >= 15 is 0 Å². The summed E-state index contributed by atoms with van der Waals surface area (Å²) in [4.78, 5) is 18.9. The molecule has 0 saturated heterocycles. The molecule has 0 saturated carbocycles. The summed E-state index contributed by atoms with van der Waals surface area (Å²) in [5.74, 6) is 0. The van der Waals surface area contributed by atoms with Crippen molar-refractivity contribution in [3.05, 3.63) is 54.0 Å². The highest BCUT2D eigenvalue weighted by atomic mass is 35.5. The summed E-state index contributed by atoms with van der Waals surface area (Å²) in [6.45, 7) is 0. The van der Waals surface area contributed by atoms with Crippen LogP contribution in [0.25, 0.3) is 0 Å². The van der Waals surface area contributed by atoms with Gasteiger partial charge in [0.1, 0.15) is 15.4 Å². The Kier molecular flexibility index (Phi) is 3.43. The number of nitrogens with zero attached hydrogens (tertiary/aromatic N) is 2. The molecule has 0 radical (unpaired) electrons. The van der Waals surface area contributed by atoms with Gasteiger partial charge in [0, 0.05) is 5.02 Å². The highest BCUT2D eigenvalue weighted by Crippen LogP contribution is 2.28. The Hall–Kier alpha value is -1.40. The standard InChI is InChI=1S/C7H4Cl2N2O4/c8-4-1-2-5(6(9)3-4)7(10(12)13)11(14)15/h1-3,7H. The minimum atomic E-state index is -2.06. The molecule has 0 bridgehead atoms. The van der Waals surface area contributed by atoms with E-state index in [9.17, 15) is 20.2 Å². The van der Waals surface area contributed by atoms with Gasteiger partial charge in [0.2, 0.25) is 0 Å². The summed E-state index contributed by atoms with van der Waals surface area (Å²) in [6.07, 6.45) is -2.06. The SMILES string of the molecule is O=[N+]([O-])C(c1ccc(Cl)cc1Cl)[N+](=O)[O-]. The lowest BCUT2D eigenvalue weighted by Gasteiger charge is -2.04. The van der Waals surface area contributed by atoms with Crippen molar-refractivity contribution in [3.63, 3.8) is 0 Å². The normalized spacial score (nSPS) is 10.3. The van der Waals surface area contributed by atoms with Crippen LogP contribution in [0.15, 0.2) is 18.2 Å². The van der Waals surface area contributed by atoms with Gasteiger partial charge in [-0.05, 0) is 18.2 Å². The van der Waals surface area contributed by atoms with Crippen molar-refractivity contribution in [1.29, 1.82) is 0 Å². The topological polar surface area (TPSA) is 86.3 Å². The van der Waals surface area contributed by atoms with Crippen molar-refractivity contribution in [2.45, 2.75) is 6.17 Å². The molecule has 0 heterocycles. The maximum Gasteiger partial charge on any atom is 0.478 e. The molecule has 80 valence electrons. The molecule has 0 atom stereocenters. The molecular formula is C7H4Cl2N2O4. The van der Waals surface area contributed by atoms with Gasteiger partial charge in [-0.2, -0.15) is 0 Å². The summed E-state index contributed by atoms with van der Waals surface area (Å²) >= 11 is 11.2. The van der Waals surface area contributed by atoms with Crippen LogP contribution in [0.1, 0.15) is 11.7 Å². The average Bonchev–Trinajstić information content (AvgIpc) is 2.08. The fourth-order valence-electron chi connectivity index (χ4n) is 1.02. The van der Waals surface area contributed by atoms with E-state index in [-0.39, 0.29) is 15.6 Å². The first kappa shape index (κ1) is 11.7. The van der Waals surface area contributed by atoms with Crippen molar-refractivity contribution < 1.29 is 9.85 Å². The lowest BCUT2D eigenvalue weighted by Crippen LogP contribution is -2.19. The predicted molar refractivity (Wildman–Crippen MR) is 53.2 cm³/mol. The second kappa shape index (κ2) is 4.41. The molecule has 0 aliphatic carbocycles. The Morgan fingerprint density at radius 3 is 2.07 bits per heavy atom. The zero-order valence-electron chi connectivity index (χ0n) is 7.09. The Bertz CT molecular complexity index is 409. The molecule has 0 spiro atoms. The van der Waals surface area contributed by atoms with Crippen LogP contribution in [-0.4, -0.2) is 9.85 Å². The monoisotopic (exact) mass is 250 g/mol. The number of rotatable bonds is 3. The molecule has 1 aromatic rings. The summed E-state index contributed by atoms with van der Waals surface area (Å²) in [5.41, 5.74) is -0.184. The van der Waals surface area contributed by atoms with E-state index in [0.717, 1.165) is 0 Å². The molecule has 0 amide bonds. The molecule has 0 N–H and O–H groups in total. The largest absolute Gasteiger partial charge is 0.478 e. The first-order valence-electron chi connectivity index (χ1n) is 3.65. The van der Waals surface area contributed by atoms with Gasteiger partial charge in [0.15, 0.2) is 0 Å². The van der Waals surface area contributed by atoms with Crippen LogP contribution in [0.3, 0.4) is 0 Å². The summed E-state index contributed by atoms with van der Waals surface area (Å²) in [5, 5.41) is 21.1. The molecule has 8 heteroatoms. The summed E-state index contributed by atoms with van der Waals surface area (Å²) in [6, 6.07) is 3.70. The van der Waals surface area contributed by atoms with Gasteiger partial charge in [-0.3, -0.25) is 20.2 Å². The molecule has 0 unspecified atom stereocenters. The zero-order chi connectivity index (χ0) is 11.6. The van der Waals surface area contributed by atoms with Gasteiger partial charge >= 0.3 is 6.17 Å². The lowest BCUT2D eigenvalue weighted by molar-refractivity contribution is -0.752. The molecule has 0 aliphatic rings. The Labute approximate surface area is 93.7 Å². The van der Waals surface area contributed by atoms with Crippen LogP contribution >= 0.6 is 23.2 Å². The van der Waals surface area contributed by atoms with Crippen molar-refractivity contribution in [3.8, 4) is 0 Å². The van der Waals surface area contributed by atoms with E-state index < -0.39 is 16.0 Å². The first-order chi connectivity index (χ1) is 6.93. The van der Waals surface area contributed by atoms with Gasteiger partial charge < -0.3 is 0 Å². The number of nitro groups is 2. The smallest absolute Gasteiger partial charge is 0.258 e. The number of benzene rings is 1. The fourth-order valence-corrected chi connectivity index (χ4v) is 1.52. The third-order valence-corrected chi connectivity index (χ3v) is 2.20. The quantitative estimate of drug-likeness (QED) is 0.469. The van der Waals surface area contributed by atoms with Crippen molar-refractivity contribution in [1.82, 2.24) is 0 Å². The molecule has 0 aromatic heterocycles. The minimum absolute atomic E-state index is 0.0964. The molecule has 1 rings (SSSR count). The highest BCUT2D eigenvalue weighted by molar-refractivity contribution is 6.35. The van der Waals surface area contributed by atoms with E-state index in [1.54, 1.807) is 0 Å². The highest BCUT2D eigenvalue weighted by Gasteiger charge is 2.36.